The highest BCUT2D eigenvalue weighted by Gasteiger charge is 2.34. The summed E-state index contributed by atoms with van der Waals surface area (Å²) in [6.07, 6.45) is 4.55. The molecule has 160 valence electrons. The first-order valence-electron chi connectivity index (χ1n) is 10.9. The van der Waals surface area contributed by atoms with Crippen molar-refractivity contribution in [3.05, 3.63) is 88.1 Å². The lowest BCUT2D eigenvalue weighted by molar-refractivity contribution is -0.127. The van der Waals surface area contributed by atoms with Gasteiger partial charge in [-0.15, -0.1) is 11.3 Å². The summed E-state index contributed by atoms with van der Waals surface area (Å²) in [5.74, 6) is -0.195. The summed E-state index contributed by atoms with van der Waals surface area (Å²) >= 11 is 1.56. The van der Waals surface area contributed by atoms with Crippen LogP contribution in [0.3, 0.4) is 0 Å². The maximum atomic E-state index is 13.6. The SMILES string of the molecule is Cc1ccc(N(C(=O)Cc2cccs2)[C@H](C(=O)NC2CCCC2)c2ccccc2)cc1. The van der Waals surface area contributed by atoms with E-state index in [1.165, 1.54) is 0 Å². The third-order valence-corrected chi connectivity index (χ3v) is 6.69. The molecule has 0 spiro atoms. The van der Waals surface area contributed by atoms with Crippen molar-refractivity contribution in [2.75, 3.05) is 4.90 Å². The van der Waals surface area contributed by atoms with E-state index in [2.05, 4.69) is 5.32 Å². The van der Waals surface area contributed by atoms with Crippen LogP contribution in [0.15, 0.2) is 72.1 Å². The molecule has 4 nitrogen and oxygen atoms in total. The first-order chi connectivity index (χ1) is 15.1. The number of thiophene rings is 1. The standard InChI is InChI=1S/C26H28N2O2S/c1-19-13-15-22(16-14-19)28(24(29)18-23-12-7-17-31-23)25(20-8-3-2-4-9-20)26(30)27-21-10-5-6-11-21/h2-4,7-9,12-17,21,25H,5-6,10-11,18H2,1H3,(H,27,30)/t25-/m0/s1. The van der Waals surface area contributed by atoms with E-state index in [9.17, 15) is 9.59 Å². The summed E-state index contributed by atoms with van der Waals surface area (Å²) in [4.78, 5) is 29.9. The fourth-order valence-corrected chi connectivity index (χ4v) is 4.89. The van der Waals surface area contributed by atoms with Crippen molar-refractivity contribution >= 4 is 28.8 Å². The molecule has 0 aliphatic heterocycles. The van der Waals surface area contributed by atoms with Crippen LogP contribution in [0.1, 0.15) is 47.7 Å². The van der Waals surface area contributed by atoms with E-state index < -0.39 is 6.04 Å². The zero-order valence-corrected chi connectivity index (χ0v) is 18.6. The Hall–Kier alpha value is -2.92. The smallest absolute Gasteiger partial charge is 0.248 e. The molecule has 5 heteroatoms. The Bertz CT molecular complexity index is 994. The third-order valence-electron chi connectivity index (χ3n) is 5.81. The molecular formula is C26H28N2O2S. The number of nitrogens with one attached hydrogen (secondary N) is 1. The second kappa shape index (κ2) is 9.92. The molecule has 4 rings (SSSR count). The Morgan fingerprint density at radius 3 is 2.35 bits per heavy atom. The molecule has 1 N–H and O–H groups in total. The minimum Gasteiger partial charge on any atom is -0.351 e. The number of benzene rings is 2. The second-order valence-electron chi connectivity index (χ2n) is 8.16. The van der Waals surface area contributed by atoms with Crippen molar-refractivity contribution in [1.82, 2.24) is 5.32 Å². The molecule has 2 aromatic carbocycles. The van der Waals surface area contributed by atoms with Gasteiger partial charge in [-0.05, 0) is 48.9 Å². The van der Waals surface area contributed by atoms with Gasteiger partial charge in [-0.25, -0.2) is 0 Å². The Balaban J connectivity index is 1.73. The average molecular weight is 433 g/mol. The van der Waals surface area contributed by atoms with Crippen LogP contribution in [-0.2, 0) is 16.0 Å². The molecule has 1 fully saturated rings. The average Bonchev–Trinajstić information content (AvgIpc) is 3.47. The Labute approximate surface area is 187 Å². The normalized spacial score (nSPS) is 14.9. The summed E-state index contributed by atoms with van der Waals surface area (Å²) in [5.41, 5.74) is 2.67. The van der Waals surface area contributed by atoms with E-state index >= 15 is 0 Å². The number of aryl methyl sites for hydroxylation is 1. The largest absolute Gasteiger partial charge is 0.351 e. The predicted octanol–water partition coefficient (Wildman–Crippen LogP) is 5.43. The van der Waals surface area contributed by atoms with Crippen molar-refractivity contribution in [2.24, 2.45) is 0 Å². The minimum absolute atomic E-state index is 0.0817. The summed E-state index contributed by atoms with van der Waals surface area (Å²) in [7, 11) is 0. The van der Waals surface area contributed by atoms with Crippen LogP contribution in [-0.4, -0.2) is 17.9 Å². The Morgan fingerprint density at radius 2 is 1.71 bits per heavy atom. The summed E-state index contributed by atoms with van der Waals surface area (Å²) in [5, 5.41) is 5.20. The van der Waals surface area contributed by atoms with E-state index in [-0.39, 0.29) is 24.3 Å². The van der Waals surface area contributed by atoms with Gasteiger partial charge in [-0.1, -0.05) is 66.9 Å². The van der Waals surface area contributed by atoms with E-state index in [1.807, 2.05) is 79.0 Å². The highest BCUT2D eigenvalue weighted by molar-refractivity contribution is 7.10. The van der Waals surface area contributed by atoms with Crippen LogP contribution in [0.5, 0.6) is 0 Å². The van der Waals surface area contributed by atoms with E-state index in [0.717, 1.165) is 47.4 Å². The van der Waals surface area contributed by atoms with Gasteiger partial charge in [-0.2, -0.15) is 0 Å². The van der Waals surface area contributed by atoms with Crippen LogP contribution in [0.4, 0.5) is 5.69 Å². The number of hydrogen-bond acceptors (Lipinski definition) is 3. The molecule has 1 atom stereocenters. The van der Waals surface area contributed by atoms with Gasteiger partial charge in [0.25, 0.3) is 0 Å². The van der Waals surface area contributed by atoms with E-state index in [0.29, 0.717) is 0 Å². The summed E-state index contributed by atoms with van der Waals surface area (Å²) < 4.78 is 0. The second-order valence-corrected chi connectivity index (χ2v) is 9.19. The number of carbonyl (C=O) groups is 2. The van der Waals surface area contributed by atoms with Gasteiger partial charge in [0.2, 0.25) is 11.8 Å². The number of nitrogens with zero attached hydrogens (tertiary/aromatic N) is 1. The minimum atomic E-state index is -0.711. The van der Waals surface area contributed by atoms with Crippen LogP contribution in [0.25, 0.3) is 0 Å². The van der Waals surface area contributed by atoms with Crippen LogP contribution in [0.2, 0.25) is 0 Å². The Kier molecular flexibility index (Phi) is 6.82. The maximum Gasteiger partial charge on any atom is 0.248 e. The number of carbonyl (C=O) groups excluding carboxylic acids is 2. The fraction of sp³-hybridized carbons (Fsp3) is 0.308. The van der Waals surface area contributed by atoms with Gasteiger partial charge in [-0.3, -0.25) is 14.5 Å². The van der Waals surface area contributed by atoms with Gasteiger partial charge in [0.15, 0.2) is 0 Å². The topological polar surface area (TPSA) is 49.4 Å². The van der Waals surface area contributed by atoms with Crippen LogP contribution in [0, 0.1) is 6.92 Å². The quantitative estimate of drug-likeness (QED) is 0.541. The van der Waals surface area contributed by atoms with Gasteiger partial charge in [0, 0.05) is 16.6 Å². The molecule has 31 heavy (non-hydrogen) atoms. The Morgan fingerprint density at radius 1 is 1.00 bits per heavy atom. The third kappa shape index (κ3) is 5.23. The molecule has 1 aromatic heterocycles. The van der Waals surface area contributed by atoms with Crippen molar-refractivity contribution in [3.8, 4) is 0 Å². The highest BCUT2D eigenvalue weighted by Crippen LogP contribution is 2.30. The molecule has 2 amide bonds. The van der Waals surface area contributed by atoms with Crippen molar-refractivity contribution in [1.29, 1.82) is 0 Å². The first kappa shape index (κ1) is 21.3. The number of anilines is 1. The molecule has 0 bridgehead atoms. The molecule has 0 saturated heterocycles. The zero-order chi connectivity index (χ0) is 21.6. The fourth-order valence-electron chi connectivity index (χ4n) is 4.19. The van der Waals surface area contributed by atoms with Crippen molar-refractivity contribution in [3.63, 3.8) is 0 Å². The number of rotatable bonds is 7. The molecule has 1 aliphatic carbocycles. The van der Waals surface area contributed by atoms with Gasteiger partial charge in [0.05, 0.1) is 6.42 Å². The van der Waals surface area contributed by atoms with Crippen molar-refractivity contribution < 1.29 is 9.59 Å². The van der Waals surface area contributed by atoms with Gasteiger partial charge in [0.1, 0.15) is 6.04 Å². The number of amides is 2. The van der Waals surface area contributed by atoms with Crippen LogP contribution < -0.4 is 10.2 Å². The van der Waals surface area contributed by atoms with E-state index in [1.54, 1.807) is 16.2 Å². The molecule has 1 aliphatic rings. The van der Waals surface area contributed by atoms with Crippen LogP contribution >= 0.6 is 11.3 Å². The molecule has 3 aromatic rings. The lowest BCUT2D eigenvalue weighted by Gasteiger charge is -2.32. The monoisotopic (exact) mass is 432 g/mol. The first-order valence-corrected chi connectivity index (χ1v) is 11.8. The van der Waals surface area contributed by atoms with Crippen molar-refractivity contribution in [2.45, 2.75) is 51.1 Å². The van der Waals surface area contributed by atoms with Gasteiger partial charge >= 0.3 is 0 Å². The molecule has 0 radical (unpaired) electrons. The zero-order valence-electron chi connectivity index (χ0n) is 17.8. The lowest BCUT2D eigenvalue weighted by atomic mass is 10.0. The molecular weight excluding hydrogens is 404 g/mol. The number of hydrogen-bond donors (Lipinski definition) is 1. The lowest BCUT2D eigenvalue weighted by Crippen LogP contribution is -2.46. The predicted molar refractivity (Wildman–Crippen MR) is 126 cm³/mol. The molecule has 0 unspecified atom stereocenters. The summed E-state index contributed by atoms with van der Waals surface area (Å²) in [6.45, 7) is 2.02. The highest BCUT2D eigenvalue weighted by atomic mass is 32.1. The maximum absolute atomic E-state index is 13.6. The van der Waals surface area contributed by atoms with E-state index in [4.69, 9.17) is 0 Å². The summed E-state index contributed by atoms with van der Waals surface area (Å²) in [6, 6.07) is 20.8. The molecule has 1 heterocycles. The van der Waals surface area contributed by atoms with Gasteiger partial charge < -0.3 is 5.32 Å². The molecule has 1 saturated carbocycles.